The van der Waals surface area contributed by atoms with E-state index in [-0.39, 0.29) is 30.0 Å². The fraction of sp³-hybridized carbons (Fsp3) is 0.0909. The van der Waals surface area contributed by atoms with Crippen molar-refractivity contribution < 1.29 is 21.9 Å². The molecule has 0 amide bonds. The quantitative estimate of drug-likeness (QED) is 0.748. The highest BCUT2D eigenvalue weighted by atomic mass is 35.5. The van der Waals surface area contributed by atoms with E-state index in [1.165, 1.54) is 12.1 Å². The number of sulfonamides is 1. The molecule has 0 fully saturated rings. The van der Waals surface area contributed by atoms with Crippen LogP contribution in [0.1, 0.15) is 0 Å². The van der Waals surface area contributed by atoms with Gasteiger partial charge in [-0.3, -0.25) is 4.72 Å². The Labute approximate surface area is 143 Å². The predicted octanol–water partition coefficient (Wildman–Crippen LogP) is 5.11. The van der Waals surface area contributed by atoms with Crippen molar-refractivity contribution in [2.45, 2.75) is 11.5 Å². The van der Waals surface area contributed by atoms with Crippen LogP contribution in [0.3, 0.4) is 0 Å². The van der Waals surface area contributed by atoms with Crippen LogP contribution in [0.2, 0.25) is 13.7 Å². The third-order valence-corrected chi connectivity index (χ3v) is 5.74. The molecule has 0 aliphatic heterocycles. The highest BCUT2D eigenvalue weighted by Crippen LogP contribution is 2.36. The van der Waals surface area contributed by atoms with Crippen LogP contribution >= 0.6 is 46.1 Å². The fourth-order valence-corrected chi connectivity index (χ4v) is 4.90. The van der Waals surface area contributed by atoms with Gasteiger partial charge in [-0.1, -0.05) is 34.8 Å². The molecule has 0 unspecified atom stereocenters. The molecule has 1 N–H and O–H groups in total. The van der Waals surface area contributed by atoms with Gasteiger partial charge in [0.25, 0.3) is 10.0 Å². The summed E-state index contributed by atoms with van der Waals surface area (Å²) >= 11 is 18.1. The normalized spacial score (nSPS) is 11.7. The minimum Gasteiger partial charge on any atom is -0.433 e. The Morgan fingerprint density at radius 1 is 1.18 bits per heavy atom. The van der Waals surface area contributed by atoms with Gasteiger partial charge in [-0.25, -0.2) is 8.42 Å². The summed E-state index contributed by atoms with van der Waals surface area (Å²) in [5.74, 6) is -0.267. The zero-order chi connectivity index (χ0) is 16.5. The summed E-state index contributed by atoms with van der Waals surface area (Å²) < 4.78 is 55.2. The van der Waals surface area contributed by atoms with Crippen molar-refractivity contribution in [3.63, 3.8) is 0 Å². The minimum absolute atomic E-state index is 0.00116. The number of thiophene rings is 1. The van der Waals surface area contributed by atoms with E-state index in [2.05, 4.69) is 9.46 Å². The lowest BCUT2D eigenvalue weighted by molar-refractivity contribution is -0.0497. The third-order valence-electron chi connectivity index (χ3n) is 2.32. The Kier molecular flexibility index (Phi) is 5.39. The molecule has 0 saturated heterocycles. The van der Waals surface area contributed by atoms with Crippen LogP contribution in [-0.4, -0.2) is 15.0 Å². The minimum atomic E-state index is -3.98. The maximum absolute atomic E-state index is 12.2. The Morgan fingerprint density at radius 2 is 1.86 bits per heavy atom. The van der Waals surface area contributed by atoms with Crippen LogP contribution in [0.4, 0.5) is 14.5 Å². The van der Waals surface area contributed by atoms with Crippen molar-refractivity contribution in [3.05, 3.63) is 38.0 Å². The number of alkyl halides is 2. The van der Waals surface area contributed by atoms with Crippen molar-refractivity contribution in [2.75, 3.05) is 4.72 Å². The second-order valence-corrected chi connectivity index (χ2v) is 8.16. The van der Waals surface area contributed by atoms with Gasteiger partial charge >= 0.3 is 6.61 Å². The number of rotatable bonds is 5. The highest BCUT2D eigenvalue weighted by Gasteiger charge is 2.21. The SMILES string of the molecule is O=S(=O)(Nc1ccc(OC(F)F)c(Cl)c1)c1cc(Cl)sc1Cl. The van der Waals surface area contributed by atoms with Crippen LogP contribution in [0.15, 0.2) is 29.2 Å². The van der Waals surface area contributed by atoms with Crippen LogP contribution in [0, 0.1) is 0 Å². The molecule has 1 heterocycles. The summed E-state index contributed by atoms with van der Waals surface area (Å²) in [7, 11) is -3.98. The molecule has 4 nitrogen and oxygen atoms in total. The number of anilines is 1. The first-order chi connectivity index (χ1) is 10.2. The van der Waals surface area contributed by atoms with Crippen molar-refractivity contribution in [2.24, 2.45) is 0 Å². The number of benzene rings is 1. The van der Waals surface area contributed by atoms with Gasteiger partial charge in [0.1, 0.15) is 15.0 Å². The lowest BCUT2D eigenvalue weighted by Gasteiger charge is -2.10. The molecule has 120 valence electrons. The molecule has 0 aliphatic rings. The van der Waals surface area contributed by atoms with Gasteiger partial charge in [-0.05, 0) is 24.3 Å². The topological polar surface area (TPSA) is 55.4 Å². The molecule has 1 aromatic carbocycles. The number of hydrogen-bond donors (Lipinski definition) is 1. The van der Waals surface area contributed by atoms with E-state index in [0.717, 1.165) is 23.5 Å². The maximum atomic E-state index is 12.2. The smallest absolute Gasteiger partial charge is 0.387 e. The predicted molar refractivity (Wildman–Crippen MR) is 83.2 cm³/mol. The summed E-state index contributed by atoms with van der Waals surface area (Å²) in [4.78, 5) is -0.187. The summed E-state index contributed by atoms with van der Waals surface area (Å²) in [6.07, 6.45) is 0. The van der Waals surface area contributed by atoms with Gasteiger partial charge in [0.05, 0.1) is 15.0 Å². The Balaban J connectivity index is 2.27. The molecule has 0 spiro atoms. The van der Waals surface area contributed by atoms with E-state index in [9.17, 15) is 17.2 Å². The van der Waals surface area contributed by atoms with Gasteiger partial charge in [0.2, 0.25) is 0 Å². The molecule has 22 heavy (non-hydrogen) atoms. The fourth-order valence-electron chi connectivity index (χ4n) is 1.47. The van der Waals surface area contributed by atoms with E-state index in [0.29, 0.717) is 0 Å². The molecule has 0 bridgehead atoms. The first kappa shape index (κ1) is 17.6. The highest BCUT2D eigenvalue weighted by molar-refractivity contribution is 7.93. The Hall–Kier alpha value is -0.800. The molecule has 0 radical (unpaired) electrons. The molecule has 2 rings (SSSR count). The second kappa shape index (κ2) is 6.76. The summed E-state index contributed by atoms with van der Waals surface area (Å²) in [6, 6.07) is 4.68. The van der Waals surface area contributed by atoms with E-state index >= 15 is 0 Å². The molecule has 0 saturated carbocycles. The molecular weight excluding hydrogens is 403 g/mol. The first-order valence-corrected chi connectivity index (χ1v) is 8.84. The van der Waals surface area contributed by atoms with Gasteiger partial charge in [-0.2, -0.15) is 8.78 Å². The zero-order valence-corrected chi connectivity index (χ0v) is 14.2. The third kappa shape index (κ3) is 4.14. The van der Waals surface area contributed by atoms with Gasteiger partial charge < -0.3 is 4.74 Å². The molecule has 2 aromatic rings. The van der Waals surface area contributed by atoms with E-state index in [1.807, 2.05) is 0 Å². The molecule has 0 aliphatic carbocycles. The maximum Gasteiger partial charge on any atom is 0.387 e. The van der Waals surface area contributed by atoms with Crippen molar-refractivity contribution in [1.82, 2.24) is 0 Å². The van der Waals surface area contributed by atoms with Crippen LogP contribution < -0.4 is 9.46 Å². The monoisotopic (exact) mass is 407 g/mol. The summed E-state index contributed by atoms with van der Waals surface area (Å²) in [5.41, 5.74) is 0.0602. The molecule has 0 atom stereocenters. The first-order valence-electron chi connectivity index (χ1n) is 5.41. The second-order valence-electron chi connectivity index (χ2n) is 3.82. The Morgan fingerprint density at radius 3 is 2.36 bits per heavy atom. The zero-order valence-electron chi connectivity index (χ0n) is 10.3. The molecule has 11 heteroatoms. The molecule has 1 aromatic heterocycles. The van der Waals surface area contributed by atoms with E-state index in [1.54, 1.807) is 0 Å². The standard InChI is InChI=1S/C11H6Cl3F2NO3S2/c12-6-3-5(1-2-7(6)20-11(15)16)17-22(18,19)8-4-9(13)21-10(8)14/h1-4,11,17H. The van der Waals surface area contributed by atoms with E-state index < -0.39 is 16.6 Å². The Bertz CT molecular complexity index is 796. The number of hydrogen-bond acceptors (Lipinski definition) is 4. The van der Waals surface area contributed by atoms with Crippen LogP contribution in [0.5, 0.6) is 5.75 Å². The van der Waals surface area contributed by atoms with Gasteiger partial charge in [0, 0.05) is 0 Å². The average Bonchev–Trinajstić information content (AvgIpc) is 2.72. The number of ether oxygens (including phenoxy) is 1. The van der Waals surface area contributed by atoms with Crippen molar-refractivity contribution >= 4 is 61.9 Å². The largest absolute Gasteiger partial charge is 0.433 e. The number of nitrogens with one attached hydrogen (secondary N) is 1. The summed E-state index contributed by atoms with van der Waals surface area (Å²) in [5, 5.41) is -0.171. The average molecular weight is 409 g/mol. The van der Waals surface area contributed by atoms with Crippen molar-refractivity contribution in [1.29, 1.82) is 0 Å². The molecular formula is C11H6Cl3F2NO3S2. The lowest BCUT2D eigenvalue weighted by atomic mass is 10.3. The van der Waals surface area contributed by atoms with Crippen molar-refractivity contribution in [3.8, 4) is 5.75 Å². The number of halogens is 5. The lowest BCUT2D eigenvalue weighted by Crippen LogP contribution is -2.12. The van der Waals surface area contributed by atoms with Crippen LogP contribution in [-0.2, 0) is 10.0 Å². The summed E-state index contributed by atoms with van der Waals surface area (Å²) in [6.45, 7) is -3.04. The van der Waals surface area contributed by atoms with Gasteiger partial charge in [-0.15, -0.1) is 11.3 Å². The van der Waals surface area contributed by atoms with Gasteiger partial charge in [0.15, 0.2) is 0 Å². The van der Waals surface area contributed by atoms with Crippen LogP contribution in [0.25, 0.3) is 0 Å². The van der Waals surface area contributed by atoms with E-state index in [4.69, 9.17) is 34.8 Å².